The van der Waals surface area contributed by atoms with Gasteiger partial charge in [0, 0.05) is 6.42 Å². The molecule has 0 atom stereocenters. The molecule has 0 unspecified atom stereocenters. The number of amides is 1. The van der Waals surface area contributed by atoms with Crippen LogP contribution in [0.2, 0.25) is 0 Å². The Balaban J connectivity index is 3.33. The Morgan fingerprint density at radius 2 is 2.30 bits per heavy atom. The third-order valence-corrected chi connectivity index (χ3v) is 1.14. The molecule has 0 aromatic heterocycles. The van der Waals surface area contributed by atoms with E-state index in [4.69, 9.17) is 5.26 Å². The molecule has 10 heavy (non-hydrogen) atoms. The molecule has 1 N–H and O–H groups in total. The maximum Gasteiger partial charge on any atom is 0.232 e. The predicted octanol–water partition coefficient (Wildman–Crippen LogP) is 1.02. The molecule has 0 radical (unpaired) electrons. The lowest BCUT2D eigenvalue weighted by Gasteiger charge is -2.00. The van der Waals surface area contributed by atoms with E-state index in [-0.39, 0.29) is 5.91 Å². The molecule has 0 rings (SSSR count). The van der Waals surface area contributed by atoms with Crippen molar-refractivity contribution in [2.75, 3.05) is 0 Å². The van der Waals surface area contributed by atoms with Crippen molar-refractivity contribution in [1.82, 2.24) is 5.32 Å². The first-order valence-corrected chi connectivity index (χ1v) is 3.34. The van der Waals surface area contributed by atoms with Gasteiger partial charge in [0.15, 0.2) is 6.19 Å². The number of carbonyl (C=O) groups excluding carboxylic acids is 1. The second-order valence-electron chi connectivity index (χ2n) is 2.59. The van der Waals surface area contributed by atoms with Gasteiger partial charge in [-0.1, -0.05) is 13.8 Å². The maximum absolute atomic E-state index is 10.6. The molecule has 0 aliphatic carbocycles. The molecule has 1 amide bonds. The van der Waals surface area contributed by atoms with E-state index in [0.717, 1.165) is 6.42 Å². The third-order valence-electron chi connectivity index (χ3n) is 1.14. The molecule has 3 heteroatoms. The van der Waals surface area contributed by atoms with Crippen molar-refractivity contribution in [3.05, 3.63) is 0 Å². The van der Waals surface area contributed by atoms with Gasteiger partial charge in [-0.25, -0.2) is 0 Å². The Morgan fingerprint density at radius 3 is 2.70 bits per heavy atom. The van der Waals surface area contributed by atoms with Gasteiger partial charge in [0.25, 0.3) is 0 Å². The zero-order chi connectivity index (χ0) is 7.98. The summed E-state index contributed by atoms with van der Waals surface area (Å²) in [5.74, 6) is 0.334. The fourth-order valence-electron chi connectivity index (χ4n) is 0.545. The Bertz CT molecular complexity index is 146. The molecule has 0 saturated carbocycles. The van der Waals surface area contributed by atoms with Crippen molar-refractivity contribution in [3.8, 4) is 6.19 Å². The van der Waals surface area contributed by atoms with Gasteiger partial charge in [0.1, 0.15) is 0 Å². The number of nitriles is 1. The van der Waals surface area contributed by atoms with Crippen LogP contribution in [-0.2, 0) is 4.79 Å². The van der Waals surface area contributed by atoms with Crippen molar-refractivity contribution in [3.63, 3.8) is 0 Å². The summed E-state index contributed by atoms with van der Waals surface area (Å²) in [6, 6.07) is 0. The minimum Gasteiger partial charge on any atom is -0.274 e. The lowest BCUT2D eigenvalue weighted by Crippen LogP contribution is -2.17. The van der Waals surface area contributed by atoms with Crippen molar-refractivity contribution in [1.29, 1.82) is 5.26 Å². The van der Waals surface area contributed by atoms with Crippen LogP contribution in [0, 0.1) is 17.4 Å². The number of hydrogen-bond donors (Lipinski definition) is 1. The van der Waals surface area contributed by atoms with E-state index in [0.29, 0.717) is 12.3 Å². The Hall–Kier alpha value is -1.04. The summed E-state index contributed by atoms with van der Waals surface area (Å²) in [6.07, 6.45) is 2.88. The van der Waals surface area contributed by atoms with E-state index in [1.807, 2.05) is 13.8 Å². The van der Waals surface area contributed by atoms with Crippen LogP contribution in [0.15, 0.2) is 0 Å². The number of nitrogens with zero attached hydrogens (tertiary/aromatic N) is 1. The Kier molecular flexibility index (Phi) is 4.30. The summed E-state index contributed by atoms with van der Waals surface area (Å²) in [7, 11) is 0. The number of carbonyl (C=O) groups is 1. The molecule has 0 aromatic rings. The summed E-state index contributed by atoms with van der Waals surface area (Å²) >= 11 is 0. The zero-order valence-electron chi connectivity index (χ0n) is 6.35. The van der Waals surface area contributed by atoms with Crippen LogP contribution in [0.4, 0.5) is 0 Å². The first-order chi connectivity index (χ1) is 4.66. The second kappa shape index (κ2) is 4.80. The highest BCUT2D eigenvalue weighted by Crippen LogP contribution is 2.02. The highest BCUT2D eigenvalue weighted by molar-refractivity contribution is 5.77. The molecular weight excluding hydrogens is 128 g/mol. The fraction of sp³-hybridized carbons (Fsp3) is 0.714. The van der Waals surface area contributed by atoms with Crippen molar-refractivity contribution < 1.29 is 4.79 Å². The highest BCUT2D eigenvalue weighted by Gasteiger charge is 2.00. The van der Waals surface area contributed by atoms with E-state index in [1.54, 1.807) is 6.19 Å². The predicted molar refractivity (Wildman–Crippen MR) is 37.8 cm³/mol. The van der Waals surface area contributed by atoms with Crippen molar-refractivity contribution in [2.45, 2.75) is 26.7 Å². The lowest BCUT2D eigenvalue weighted by atomic mass is 10.1. The molecule has 56 valence electrons. The molecular formula is C7H12N2O. The summed E-state index contributed by atoms with van der Waals surface area (Å²) in [4.78, 5) is 10.6. The first kappa shape index (κ1) is 8.96. The Morgan fingerprint density at radius 1 is 1.70 bits per heavy atom. The van der Waals surface area contributed by atoms with Crippen LogP contribution in [0.1, 0.15) is 26.7 Å². The van der Waals surface area contributed by atoms with Crippen LogP contribution < -0.4 is 5.32 Å². The summed E-state index contributed by atoms with van der Waals surface area (Å²) in [6.45, 7) is 4.08. The minimum atomic E-state index is -0.184. The average Bonchev–Trinajstić information content (AvgIpc) is 1.85. The van der Waals surface area contributed by atoms with Gasteiger partial charge in [0.05, 0.1) is 0 Å². The number of hydrogen-bond acceptors (Lipinski definition) is 2. The quantitative estimate of drug-likeness (QED) is 0.470. The van der Waals surface area contributed by atoms with Crippen molar-refractivity contribution in [2.24, 2.45) is 5.92 Å². The van der Waals surface area contributed by atoms with Gasteiger partial charge in [-0.05, 0) is 12.3 Å². The molecule has 0 spiro atoms. The highest BCUT2D eigenvalue weighted by atomic mass is 16.1. The molecule has 3 nitrogen and oxygen atoms in total. The summed E-state index contributed by atoms with van der Waals surface area (Å²) in [5.41, 5.74) is 0. The van der Waals surface area contributed by atoms with E-state index in [1.165, 1.54) is 0 Å². The fourth-order valence-corrected chi connectivity index (χ4v) is 0.545. The SMILES string of the molecule is CC(C)CCC(=O)NC#N. The largest absolute Gasteiger partial charge is 0.274 e. The standard InChI is InChI=1S/C7H12N2O/c1-6(2)3-4-7(10)9-5-8/h6H,3-4H2,1-2H3,(H,9,10). The molecule has 0 aromatic carbocycles. The normalized spacial score (nSPS) is 9.00. The molecule has 0 aliphatic rings. The lowest BCUT2D eigenvalue weighted by molar-refractivity contribution is -0.120. The summed E-state index contributed by atoms with van der Waals surface area (Å²) < 4.78 is 0. The molecule has 0 bridgehead atoms. The van der Waals surface area contributed by atoms with Gasteiger partial charge in [-0.15, -0.1) is 0 Å². The van der Waals surface area contributed by atoms with E-state index in [2.05, 4.69) is 5.32 Å². The first-order valence-electron chi connectivity index (χ1n) is 3.34. The smallest absolute Gasteiger partial charge is 0.232 e. The molecule has 0 heterocycles. The van der Waals surface area contributed by atoms with E-state index in [9.17, 15) is 4.79 Å². The van der Waals surface area contributed by atoms with Gasteiger partial charge in [-0.3, -0.25) is 10.1 Å². The molecule has 0 fully saturated rings. The van der Waals surface area contributed by atoms with Gasteiger partial charge in [0.2, 0.25) is 5.91 Å². The van der Waals surface area contributed by atoms with Crippen molar-refractivity contribution >= 4 is 5.91 Å². The van der Waals surface area contributed by atoms with Gasteiger partial charge < -0.3 is 0 Å². The van der Waals surface area contributed by atoms with Crippen LogP contribution in [-0.4, -0.2) is 5.91 Å². The second-order valence-corrected chi connectivity index (χ2v) is 2.59. The number of nitrogens with one attached hydrogen (secondary N) is 1. The number of rotatable bonds is 3. The average molecular weight is 140 g/mol. The van der Waals surface area contributed by atoms with Crippen LogP contribution in [0.5, 0.6) is 0 Å². The van der Waals surface area contributed by atoms with Crippen LogP contribution in [0.25, 0.3) is 0 Å². The zero-order valence-corrected chi connectivity index (χ0v) is 6.35. The third kappa shape index (κ3) is 5.10. The van der Waals surface area contributed by atoms with Crippen LogP contribution >= 0.6 is 0 Å². The van der Waals surface area contributed by atoms with E-state index >= 15 is 0 Å². The maximum atomic E-state index is 10.6. The van der Waals surface area contributed by atoms with Crippen LogP contribution in [0.3, 0.4) is 0 Å². The monoisotopic (exact) mass is 140 g/mol. The minimum absolute atomic E-state index is 0.184. The van der Waals surface area contributed by atoms with E-state index < -0.39 is 0 Å². The molecule has 0 aliphatic heterocycles. The van der Waals surface area contributed by atoms with Gasteiger partial charge >= 0.3 is 0 Å². The topological polar surface area (TPSA) is 52.9 Å². The molecule has 0 saturated heterocycles. The van der Waals surface area contributed by atoms with Gasteiger partial charge in [-0.2, -0.15) is 5.26 Å². The summed E-state index contributed by atoms with van der Waals surface area (Å²) in [5, 5.41) is 10.1. The Labute approximate surface area is 61.0 Å².